The lowest BCUT2D eigenvalue weighted by Gasteiger charge is -2.29. The smallest absolute Gasteiger partial charge is 0.223 e. The molecule has 15 heavy (non-hydrogen) atoms. The van der Waals surface area contributed by atoms with E-state index in [2.05, 4.69) is 21.2 Å². The standard InChI is InChI=1S/C12H20BrNO/c13-9-12(7-3-4-8-12)14-11(15)10-5-1-2-6-10/h10H,1-9H2,(H,14,15). The van der Waals surface area contributed by atoms with Crippen LogP contribution in [0.1, 0.15) is 51.4 Å². The Bertz CT molecular complexity index is 230. The average Bonchev–Trinajstić information content (AvgIpc) is 2.88. The molecule has 2 fully saturated rings. The van der Waals surface area contributed by atoms with Gasteiger partial charge in [-0.15, -0.1) is 0 Å². The van der Waals surface area contributed by atoms with Gasteiger partial charge in [0.25, 0.3) is 0 Å². The van der Waals surface area contributed by atoms with Gasteiger partial charge in [-0.1, -0.05) is 41.6 Å². The highest BCUT2D eigenvalue weighted by Crippen LogP contribution is 2.33. The number of halogens is 1. The molecule has 0 unspecified atom stereocenters. The predicted octanol–water partition coefficient (Wildman–Crippen LogP) is 3.00. The Morgan fingerprint density at radius 1 is 1.20 bits per heavy atom. The number of rotatable bonds is 3. The average molecular weight is 274 g/mol. The summed E-state index contributed by atoms with van der Waals surface area (Å²) in [4.78, 5) is 12.0. The van der Waals surface area contributed by atoms with Gasteiger partial charge in [0, 0.05) is 16.8 Å². The normalized spacial score (nSPS) is 25.7. The van der Waals surface area contributed by atoms with Gasteiger partial charge in [0.05, 0.1) is 0 Å². The highest BCUT2D eigenvalue weighted by atomic mass is 79.9. The van der Waals surface area contributed by atoms with E-state index in [4.69, 9.17) is 0 Å². The highest BCUT2D eigenvalue weighted by Gasteiger charge is 2.36. The minimum absolute atomic E-state index is 0.0830. The van der Waals surface area contributed by atoms with Crippen LogP contribution in [0.25, 0.3) is 0 Å². The Balaban J connectivity index is 1.91. The van der Waals surface area contributed by atoms with Crippen molar-refractivity contribution in [2.45, 2.75) is 56.9 Å². The number of nitrogens with one attached hydrogen (secondary N) is 1. The van der Waals surface area contributed by atoms with E-state index in [1.807, 2.05) is 0 Å². The summed E-state index contributed by atoms with van der Waals surface area (Å²) in [5, 5.41) is 4.21. The van der Waals surface area contributed by atoms with Gasteiger partial charge in [0.1, 0.15) is 0 Å². The first-order chi connectivity index (χ1) is 7.26. The molecule has 1 amide bonds. The van der Waals surface area contributed by atoms with Crippen LogP contribution in [0.5, 0.6) is 0 Å². The molecule has 0 aromatic rings. The molecule has 1 N–H and O–H groups in total. The van der Waals surface area contributed by atoms with Crippen molar-refractivity contribution in [2.24, 2.45) is 5.92 Å². The minimum Gasteiger partial charge on any atom is -0.350 e. The maximum Gasteiger partial charge on any atom is 0.223 e. The fourth-order valence-electron chi connectivity index (χ4n) is 2.90. The highest BCUT2D eigenvalue weighted by molar-refractivity contribution is 9.09. The van der Waals surface area contributed by atoms with Gasteiger partial charge in [-0.3, -0.25) is 4.79 Å². The first-order valence-corrected chi connectivity index (χ1v) is 7.26. The van der Waals surface area contributed by atoms with E-state index >= 15 is 0 Å². The maximum atomic E-state index is 12.0. The van der Waals surface area contributed by atoms with Crippen molar-refractivity contribution < 1.29 is 4.79 Å². The van der Waals surface area contributed by atoms with E-state index in [1.54, 1.807) is 0 Å². The second-order valence-corrected chi connectivity index (χ2v) is 5.65. The monoisotopic (exact) mass is 273 g/mol. The van der Waals surface area contributed by atoms with Crippen molar-refractivity contribution >= 4 is 21.8 Å². The van der Waals surface area contributed by atoms with Crippen LogP contribution in [0.3, 0.4) is 0 Å². The van der Waals surface area contributed by atoms with Crippen molar-refractivity contribution in [3.05, 3.63) is 0 Å². The second kappa shape index (κ2) is 4.86. The van der Waals surface area contributed by atoms with Crippen LogP contribution < -0.4 is 5.32 Å². The van der Waals surface area contributed by atoms with Crippen LogP contribution in [0.4, 0.5) is 0 Å². The molecule has 0 atom stereocenters. The van der Waals surface area contributed by atoms with E-state index < -0.39 is 0 Å². The van der Waals surface area contributed by atoms with Crippen LogP contribution in [0.15, 0.2) is 0 Å². The lowest BCUT2D eigenvalue weighted by Crippen LogP contribution is -2.49. The largest absolute Gasteiger partial charge is 0.350 e. The number of hydrogen-bond acceptors (Lipinski definition) is 1. The summed E-state index contributed by atoms with van der Waals surface area (Å²) in [6.07, 6.45) is 9.49. The molecule has 2 nitrogen and oxygen atoms in total. The molecule has 0 heterocycles. The summed E-state index contributed by atoms with van der Waals surface area (Å²) in [6.45, 7) is 0. The molecule has 0 bridgehead atoms. The molecular weight excluding hydrogens is 254 g/mol. The molecule has 3 heteroatoms. The van der Waals surface area contributed by atoms with Gasteiger partial charge in [0.2, 0.25) is 5.91 Å². The van der Waals surface area contributed by atoms with Gasteiger partial charge in [-0.25, -0.2) is 0 Å². The Kier molecular flexibility index (Phi) is 3.70. The summed E-state index contributed by atoms with van der Waals surface area (Å²) in [5.74, 6) is 0.621. The fraction of sp³-hybridized carbons (Fsp3) is 0.917. The SMILES string of the molecule is O=C(NC1(CBr)CCCC1)C1CCCC1. The van der Waals surface area contributed by atoms with Crippen LogP contribution in [0, 0.1) is 5.92 Å². The van der Waals surface area contributed by atoms with E-state index in [-0.39, 0.29) is 5.54 Å². The molecule has 0 saturated heterocycles. The predicted molar refractivity (Wildman–Crippen MR) is 65.1 cm³/mol. The zero-order valence-corrected chi connectivity index (χ0v) is 10.8. The Morgan fingerprint density at radius 2 is 1.80 bits per heavy atom. The molecule has 0 aromatic carbocycles. The first-order valence-electron chi connectivity index (χ1n) is 6.14. The number of hydrogen-bond donors (Lipinski definition) is 1. The molecule has 86 valence electrons. The number of carbonyl (C=O) groups excluding carboxylic acids is 1. The third kappa shape index (κ3) is 2.55. The summed E-state index contributed by atoms with van der Waals surface area (Å²) >= 11 is 3.56. The zero-order chi connectivity index (χ0) is 10.7. The van der Waals surface area contributed by atoms with E-state index in [0.29, 0.717) is 11.8 Å². The molecule has 2 rings (SSSR count). The van der Waals surface area contributed by atoms with Crippen LogP contribution in [-0.4, -0.2) is 16.8 Å². The van der Waals surface area contributed by atoms with Gasteiger partial charge in [0.15, 0.2) is 0 Å². The van der Waals surface area contributed by atoms with Crippen LogP contribution in [0.2, 0.25) is 0 Å². The van der Waals surface area contributed by atoms with Gasteiger partial charge >= 0.3 is 0 Å². The summed E-state index contributed by atoms with van der Waals surface area (Å²) in [6, 6.07) is 0. The third-order valence-corrected chi connectivity index (χ3v) is 5.00. The molecule has 0 aliphatic heterocycles. The second-order valence-electron chi connectivity index (χ2n) is 5.09. The summed E-state index contributed by atoms with van der Waals surface area (Å²) in [7, 11) is 0. The lowest BCUT2D eigenvalue weighted by molar-refractivity contribution is -0.126. The van der Waals surface area contributed by atoms with Gasteiger partial charge in [-0.2, -0.15) is 0 Å². The van der Waals surface area contributed by atoms with Gasteiger partial charge < -0.3 is 5.32 Å². The Labute approximate surface area is 100 Å². The number of carbonyl (C=O) groups is 1. The summed E-state index contributed by atoms with van der Waals surface area (Å²) < 4.78 is 0. The molecule has 0 spiro atoms. The van der Waals surface area contributed by atoms with Gasteiger partial charge in [-0.05, 0) is 25.7 Å². The van der Waals surface area contributed by atoms with Crippen molar-refractivity contribution in [3.63, 3.8) is 0 Å². The molecule has 2 aliphatic rings. The van der Waals surface area contributed by atoms with E-state index in [1.165, 1.54) is 25.7 Å². The van der Waals surface area contributed by atoms with Crippen molar-refractivity contribution in [3.8, 4) is 0 Å². The maximum absolute atomic E-state index is 12.0. The molecule has 2 aliphatic carbocycles. The van der Waals surface area contributed by atoms with E-state index in [9.17, 15) is 4.79 Å². The topological polar surface area (TPSA) is 29.1 Å². The quantitative estimate of drug-likeness (QED) is 0.787. The van der Waals surface area contributed by atoms with Crippen LogP contribution in [-0.2, 0) is 4.79 Å². The van der Waals surface area contributed by atoms with Crippen LogP contribution >= 0.6 is 15.9 Å². The fourth-order valence-corrected chi connectivity index (χ4v) is 3.60. The third-order valence-electron chi connectivity index (χ3n) is 3.93. The minimum atomic E-state index is 0.0830. The lowest BCUT2D eigenvalue weighted by atomic mass is 9.98. The Hall–Kier alpha value is -0.0500. The number of amides is 1. The van der Waals surface area contributed by atoms with E-state index in [0.717, 1.165) is 31.0 Å². The van der Waals surface area contributed by atoms with Crippen molar-refractivity contribution in [1.82, 2.24) is 5.32 Å². The molecular formula is C12H20BrNO. The number of alkyl halides is 1. The molecule has 0 radical (unpaired) electrons. The summed E-state index contributed by atoms with van der Waals surface area (Å²) in [5.41, 5.74) is 0.0830. The first kappa shape index (κ1) is 11.4. The Morgan fingerprint density at radius 3 is 2.33 bits per heavy atom. The molecule has 0 aromatic heterocycles. The van der Waals surface area contributed by atoms with Crippen molar-refractivity contribution in [2.75, 3.05) is 5.33 Å². The zero-order valence-electron chi connectivity index (χ0n) is 9.23. The molecule has 2 saturated carbocycles. The van der Waals surface area contributed by atoms with Crippen molar-refractivity contribution in [1.29, 1.82) is 0 Å².